The smallest absolute Gasteiger partial charge is 0.872 e. The predicted octanol–water partition coefficient (Wildman–Crippen LogP) is -11.5. The minimum atomic E-state index is -4.44. The summed E-state index contributed by atoms with van der Waals surface area (Å²) in [5.74, 6) is -7.12. The Morgan fingerprint density at radius 1 is 1.11 bits per heavy atom. The fourth-order valence-electron chi connectivity index (χ4n) is 0. The van der Waals surface area contributed by atoms with Crippen LogP contribution in [0.2, 0.25) is 0 Å². The van der Waals surface area contributed by atoms with Gasteiger partial charge in [-0.1, -0.05) is 0 Å². The van der Waals surface area contributed by atoms with Crippen molar-refractivity contribution in [2.75, 3.05) is 0 Å². The average molecular weight is 150 g/mol. The molecule has 7 heteroatoms. The van der Waals surface area contributed by atoms with E-state index in [9.17, 15) is 0 Å². The molecule has 0 rings (SSSR count). The Morgan fingerprint density at radius 2 is 1.22 bits per heavy atom. The van der Waals surface area contributed by atoms with Crippen LogP contribution in [0.5, 0.6) is 0 Å². The second-order valence-corrected chi connectivity index (χ2v) is 0.844. The first-order valence-corrected chi connectivity index (χ1v) is 1.27. The van der Waals surface area contributed by atoms with Crippen LogP contribution in [0.3, 0.4) is 0 Å². The zero-order valence-electron chi connectivity index (χ0n) is 5.04. The molecule has 0 saturated heterocycles. The molecule has 0 saturated carbocycles. The number of carboxylic acids is 1. The molecule has 0 fully saturated rings. The molecule has 0 unspecified atom stereocenters. The van der Waals surface area contributed by atoms with Gasteiger partial charge in [-0.15, -0.1) is 0 Å². The maximum atomic E-state index is 9.03. The first-order valence-electron chi connectivity index (χ1n) is 1.27. The molecule has 0 aliphatic rings. The number of carboxylic acid groups (broad SMARTS) is 1. The van der Waals surface area contributed by atoms with Gasteiger partial charge in [0.2, 0.25) is 0 Å². The molecule has 0 atom stereocenters. The molecule has 9 heavy (non-hydrogen) atoms. The summed E-state index contributed by atoms with van der Waals surface area (Å²) >= 11 is 0. The summed E-state index contributed by atoms with van der Waals surface area (Å²) in [6.07, 6.45) is 0. The normalized spacial score (nSPS) is 8.78. The van der Waals surface area contributed by atoms with Crippen molar-refractivity contribution in [2.24, 2.45) is 0 Å². The van der Waals surface area contributed by atoms with Crippen molar-refractivity contribution in [3.05, 3.63) is 0 Å². The van der Waals surface area contributed by atoms with Gasteiger partial charge in [-0.3, -0.25) is 5.97 Å². The minimum absolute atomic E-state index is 0. The molecule has 0 amide bonds. The van der Waals surface area contributed by atoms with Crippen LogP contribution in [-0.2, 0) is 4.79 Å². The minimum Gasteiger partial charge on any atom is -0.872 e. The molecule has 0 aliphatic carbocycles. The largest absolute Gasteiger partial charge is 1.00 e. The van der Waals surface area contributed by atoms with Gasteiger partial charge in [-0.25, -0.2) is 0 Å². The molecule has 0 radical (unpaired) electrons. The number of rotatable bonds is 1. The molecule has 42 valence electrons. The van der Waals surface area contributed by atoms with E-state index in [1.165, 1.54) is 0 Å². The molecule has 5 nitrogen and oxygen atoms in total. The van der Waals surface area contributed by atoms with Gasteiger partial charge in [0.05, 0.1) is 0 Å². The number of carbonyl (C=O) groups is 1. The first kappa shape index (κ1) is 16.7. The van der Waals surface area contributed by atoms with Crippen LogP contribution in [-0.4, -0.2) is 11.9 Å². The summed E-state index contributed by atoms with van der Waals surface area (Å²) in [5, 5.41) is 36.1. The Labute approximate surface area is 95.3 Å². The summed E-state index contributed by atoms with van der Waals surface area (Å²) in [6.45, 7) is 0. The van der Waals surface area contributed by atoms with Crippen molar-refractivity contribution >= 4 is 5.97 Å². The van der Waals surface area contributed by atoms with Crippen LogP contribution in [0.1, 0.15) is 0 Å². The van der Waals surface area contributed by atoms with Crippen LogP contribution in [0.25, 0.3) is 0 Å². The monoisotopic (exact) mass is 150 g/mol. The summed E-state index contributed by atoms with van der Waals surface area (Å²) in [7, 11) is 0. The first-order chi connectivity index (χ1) is 2.94. The number of aliphatic carboxylic acids is 1. The number of hydrogen-bond acceptors (Lipinski definition) is 5. The van der Waals surface area contributed by atoms with Crippen LogP contribution in [0.15, 0.2) is 0 Å². The van der Waals surface area contributed by atoms with Gasteiger partial charge in [-0.2, -0.15) is 0 Å². The zero-order valence-corrected chi connectivity index (χ0v) is 9.04. The molecule has 0 aliphatic heterocycles. The van der Waals surface area contributed by atoms with E-state index in [0.717, 1.165) is 0 Å². The average Bonchev–Trinajstić information content (AvgIpc) is 1.31. The van der Waals surface area contributed by atoms with E-state index < -0.39 is 11.9 Å². The van der Waals surface area contributed by atoms with Gasteiger partial charge >= 0.3 is 59.1 Å². The molecular weight excluding hydrogens is 150 g/mol. The molecule has 0 aromatic heterocycles. The fourth-order valence-corrected chi connectivity index (χ4v) is 0. The maximum absolute atomic E-state index is 9.03. The Hall–Kier alpha value is 1.35. The Bertz CT molecular complexity index is 85.4. The SMILES string of the molecule is O=C([O-])C([O-])([O-])[O-].[Na+].[Na+]. The van der Waals surface area contributed by atoms with Crippen LogP contribution < -0.4 is 79.5 Å². The second kappa shape index (κ2) is 6.09. The van der Waals surface area contributed by atoms with Gasteiger partial charge in [-0.05, 0) is 5.97 Å². The predicted molar refractivity (Wildman–Crippen MR) is 7.74 cm³/mol. The van der Waals surface area contributed by atoms with E-state index in [1.807, 2.05) is 0 Å². The fraction of sp³-hybridized carbons (Fsp3) is 0.500. The Balaban J connectivity index is -0.000000180. The molecule has 0 spiro atoms. The molecule has 0 bridgehead atoms. The van der Waals surface area contributed by atoms with E-state index in [2.05, 4.69) is 0 Å². The summed E-state index contributed by atoms with van der Waals surface area (Å²) in [6, 6.07) is 0. The summed E-state index contributed by atoms with van der Waals surface area (Å²) in [5.41, 5.74) is 0. The Kier molecular flexibility index (Phi) is 11.3. The zero-order chi connectivity index (χ0) is 6.08. The standard InChI is InChI=1S/C2HO5.2Na/c3-1(4)2(5,6)7;;/h(H,3,4);;/q-3;2*+1/p-1. The van der Waals surface area contributed by atoms with E-state index >= 15 is 0 Å². The van der Waals surface area contributed by atoms with Crippen LogP contribution in [0, 0.1) is 0 Å². The van der Waals surface area contributed by atoms with Crippen molar-refractivity contribution in [3.8, 4) is 0 Å². The van der Waals surface area contributed by atoms with E-state index in [-0.39, 0.29) is 59.1 Å². The molecule has 0 N–H and O–H groups in total. The molecule has 0 heterocycles. The summed E-state index contributed by atoms with van der Waals surface area (Å²) in [4.78, 5) is 8.97. The van der Waals surface area contributed by atoms with Crippen molar-refractivity contribution in [3.63, 3.8) is 0 Å². The van der Waals surface area contributed by atoms with Gasteiger partial charge < -0.3 is 25.2 Å². The van der Waals surface area contributed by atoms with Gasteiger partial charge in [0, 0.05) is 0 Å². The molecular formula is C2Na2O5-2. The third-order valence-electron chi connectivity index (χ3n) is 0.250. The van der Waals surface area contributed by atoms with E-state index in [0.29, 0.717) is 0 Å². The van der Waals surface area contributed by atoms with Crippen molar-refractivity contribution < 1.29 is 84.3 Å². The number of carbonyl (C=O) groups excluding carboxylic acids is 1. The second-order valence-electron chi connectivity index (χ2n) is 0.844. The quantitative estimate of drug-likeness (QED) is 0.272. The topological polar surface area (TPSA) is 109 Å². The van der Waals surface area contributed by atoms with Crippen molar-refractivity contribution in [1.29, 1.82) is 0 Å². The summed E-state index contributed by atoms with van der Waals surface area (Å²) < 4.78 is 0. The third-order valence-corrected chi connectivity index (χ3v) is 0.250. The Morgan fingerprint density at radius 3 is 1.22 bits per heavy atom. The van der Waals surface area contributed by atoms with E-state index in [1.54, 1.807) is 0 Å². The van der Waals surface area contributed by atoms with Gasteiger partial charge in [0.1, 0.15) is 0 Å². The van der Waals surface area contributed by atoms with Crippen LogP contribution >= 0.6 is 0 Å². The van der Waals surface area contributed by atoms with Gasteiger partial charge in [0.25, 0.3) is 0 Å². The van der Waals surface area contributed by atoms with Crippen LogP contribution in [0.4, 0.5) is 0 Å². The molecule has 0 aromatic rings. The molecule has 0 aromatic carbocycles. The maximum Gasteiger partial charge on any atom is 1.00 e. The number of hydrogen-bond donors (Lipinski definition) is 0. The van der Waals surface area contributed by atoms with Crippen molar-refractivity contribution in [1.82, 2.24) is 0 Å². The third kappa shape index (κ3) is 9.35. The van der Waals surface area contributed by atoms with Crippen molar-refractivity contribution in [2.45, 2.75) is 5.97 Å². The van der Waals surface area contributed by atoms with E-state index in [4.69, 9.17) is 25.2 Å². The van der Waals surface area contributed by atoms with Gasteiger partial charge in [0.15, 0.2) is 0 Å².